The highest BCUT2D eigenvalue weighted by molar-refractivity contribution is 7.10. The lowest BCUT2D eigenvalue weighted by molar-refractivity contribution is 0.191. The van der Waals surface area contributed by atoms with E-state index in [1.807, 2.05) is 24.3 Å². The van der Waals surface area contributed by atoms with Crippen LogP contribution < -0.4 is 20.5 Å². The number of hydrogen-bond acceptors (Lipinski definition) is 6. The number of fused-ring (bicyclic) bond motifs is 2. The van der Waals surface area contributed by atoms with Gasteiger partial charge in [-0.2, -0.15) is 0 Å². The molecule has 0 radical (unpaired) electrons. The molecule has 1 aromatic heterocycles. The Balaban J connectivity index is 1.37. The Morgan fingerprint density at radius 2 is 2.00 bits per heavy atom. The third kappa shape index (κ3) is 4.07. The average molecular weight is 507 g/mol. The summed E-state index contributed by atoms with van der Waals surface area (Å²) < 4.78 is 24.8. The van der Waals surface area contributed by atoms with Crippen LogP contribution in [0.25, 0.3) is 16.7 Å². The lowest BCUT2D eigenvalue weighted by Crippen LogP contribution is -2.44. The average Bonchev–Trinajstić information content (AvgIpc) is 3.66. The van der Waals surface area contributed by atoms with E-state index in [0.29, 0.717) is 35.8 Å². The van der Waals surface area contributed by atoms with Crippen molar-refractivity contribution in [2.24, 2.45) is 0 Å². The van der Waals surface area contributed by atoms with Crippen molar-refractivity contribution in [1.29, 1.82) is 0 Å². The van der Waals surface area contributed by atoms with Gasteiger partial charge in [-0.05, 0) is 65.7 Å². The molecule has 3 aliphatic rings. The topological polar surface area (TPSA) is 60.6 Å². The number of aromatic nitrogens is 1. The van der Waals surface area contributed by atoms with Crippen LogP contribution in [0.2, 0.25) is 0 Å². The maximum absolute atomic E-state index is 15.9. The van der Waals surface area contributed by atoms with Gasteiger partial charge in [0.25, 0.3) is 5.56 Å². The van der Waals surface area contributed by atoms with Gasteiger partial charge < -0.3 is 15.0 Å². The number of halogens is 1. The molecule has 0 unspecified atom stereocenters. The first kappa shape index (κ1) is 23.5. The quantitative estimate of drug-likeness (QED) is 0.484. The van der Waals surface area contributed by atoms with Gasteiger partial charge in [-0.1, -0.05) is 25.6 Å². The van der Waals surface area contributed by atoms with Gasteiger partial charge in [0.15, 0.2) is 0 Å². The lowest BCUT2D eigenvalue weighted by atomic mass is 9.86. The fourth-order valence-electron chi connectivity index (χ4n) is 5.47. The molecule has 6 nitrogen and oxygen atoms in total. The summed E-state index contributed by atoms with van der Waals surface area (Å²) in [5.74, 6) is 0.451. The monoisotopic (exact) mass is 506 g/mol. The number of nitrogens with one attached hydrogen (secondary N) is 2. The summed E-state index contributed by atoms with van der Waals surface area (Å²) in [5.41, 5.74) is 5.11. The highest BCUT2D eigenvalue weighted by Crippen LogP contribution is 2.53. The van der Waals surface area contributed by atoms with E-state index in [9.17, 15) is 4.79 Å². The summed E-state index contributed by atoms with van der Waals surface area (Å²) in [7, 11) is 0. The van der Waals surface area contributed by atoms with Crippen LogP contribution in [0.15, 0.2) is 41.7 Å². The zero-order chi connectivity index (χ0) is 24.8. The summed E-state index contributed by atoms with van der Waals surface area (Å²) in [4.78, 5) is 17.2. The number of piperazine rings is 1. The Kier molecular flexibility index (Phi) is 6.19. The number of aromatic amines is 1. The number of hydrogen-bond donors (Lipinski definition) is 2. The Morgan fingerprint density at radius 3 is 2.75 bits per heavy atom. The molecular weight excluding hydrogens is 475 g/mol. The van der Waals surface area contributed by atoms with E-state index in [2.05, 4.69) is 33.0 Å². The van der Waals surface area contributed by atoms with Crippen molar-refractivity contribution < 1.29 is 9.13 Å². The number of ether oxygens (including phenoxy) is 1. The number of H-pyrrole nitrogens is 1. The molecule has 0 bridgehead atoms. The van der Waals surface area contributed by atoms with Crippen molar-refractivity contribution >= 4 is 27.8 Å². The maximum atomic E-state index is 15.9. The second kappa shape index (κ2) is 9.50. The van der Waals surface area contributed by atoms with E-state index in [-0.39, 0.29) is 11.4 Å². The van der Waals surface area contributed by atoms with Crippen LogP contribution in [-0.4, -0.2) is 54.6 Å². The van der Waals surface area contributed by atoms with Crippen LogP contribution in [0.5, 0.6) is 5.75 Å². The predicted octanol–water partition coefficient (Wildman–Crippen LogP) is 4.76. The molecule has 1 aliphatic carbocycles. The minimum atomic E-state index is -0.296. The Bertz CT molecular complexity index is 1370. The van der Waals surface area contributed by atoms with E-state index in [1.54, 1.807) is 6.07 Å². The fraction of sp³-hybridized carbons (Fsp3) is 0.393. The summed E-state index contributed by atoms with van der Waals surface area (Å²) in [6.07, 6.45) is 2.78. The fourth-order valence-corrected chi connectivity index (χ4v) is 6.42. The molecular formula is C28H31FN4O2S. The van der Waals surface area contributed by atoms with Crippen LogP contribution in [0.3, 0.4) is 0 Å². The standard InChI is InChI=1S/C28H31FN4O2S/c1-3-21-25(18-5-4-6-20(15-18)35-14-13-32-11-9-30-10-12-32)23(29)16-22-17(2)24-27(34)31-36-28(24)33(26(21)22)19-7-8-19/h4-6,15-16,19,30H,2-3,7-14H2,1H3,(H,31,34). The van der Waals surface area contributed by atoms with Crippen LogP contribution in [0.4, 0.5) is 15.1 Å². The van der Waals surface area contributed by atoms with E-state index < -0.39 is 0 Å². The van der Waals surface area contributed by atoms with E-state index in [4.69, 9.17) is 4.74 Å². The molecule has 36 heavy (non-hydrogen) atoms. The van der Waals surface area contributed by atoms with Crippen molar-refractivity contribution in [3.63, 3.8) is 0 Å². The van der Waals surface area contributed by atoms with E-state index >= 15 is 4.39 Å². The van der Waals surface area contributed by atoms with Crippen LogP contribution >= 0.6 is 11.5 Å². The zero-order valence-electron chi connectivity index (χ0n) is 20.5. The molecule has 0 spiro atoms. The zero-order valence-corrected chi connectivity index (χ0v) is 21.3. The van der Waals surface area contributed by atoms with Crippen LogP contribution in [0.1, 0.15) is 36.5 Å². The van der Waals surface area contributed by atoms with Gasteiger partial charge >= 0.3 is 0 Å². The van der Waals surface area contributed by atoms with E-state index in [1.165, 1.54) is 11.5 Å². The van der Waals surface area contributed by atoms with Gasteiger partial charge in [0.05, 0.1) is 11.3 Å². The predicted molar refractivity (Wildman–Crippen MR) is 144 cm³/mol. The number of anilines is 2. The third-order valence-corrected chi connectivity index (χ3v) is 8.28. The normalized spacial score (nSPS) is 17.7. The summed E-state index contributed by atoms with van der Waals surface area (Å²) >= 11 is 1.35. The molecule has 1 saturated carbocycles. The van der Waals surface area contributed by atoms with Gasteiger partial charge in [0, 0.05) is 49.9 Å². The van der Waals surface area contributed by atoms with Gasteiger partial charge in [-0.15, -0.1) is 0 Å². The molecule has 3 aromatic rings. The molecule has 0 atom stereocenters. The number of nitrogens with zero attached hydrogens (tertiary/aromatic N) is 2. The largest absolute Gasteiger partial charge is 0.492 e. The molecule has 2 aliphatic heterocycles. The van der Waals surface area contributed by atoms with Crippen molar-refractivity contribution in [2.75, 3.05) is 44.2 Å². The molecule has 6 rings (SSSR count). The number of benzene rings is 2. The van der Waals surface area contributed by atoms with Crippen LogP contribution in [0, 0.1) is 5.82 Å². The first-order valence-corrected chi connectivity index (χ1v) is 13.6. The molecule has 1 saturated heterocycles. The highest BCUT2D eigenvalue weighted by atomic mass is 32.1. The number of rotatable bonds is 7. The van der Waals surface area contributed by atoms with Gasteiger partial charge in [-0.3, -0.25) is 14.1 Å². The first-order chi connectivity index (χ1) is 17.6. The molecule has 0 amide bonds. The minimum Gasteiger partial charge on any atom is -0.492 e. The Labute approximate surface area is 214 Å². The van der Waals surface area contributed by atoms with Crippen molar-refractivity contribution in [2.45, 2.75) is 32.2 Å². The van der Waals surface area contributed by atoms with Gasteiger partial charge in [-0.25, -0.2) is 4.39 Å². The van der Waals surface area contributed by atoms with Crippen molar-refractivity contribution in [3.05, 3.63) is 69.8 Å². The maximum Gasteiger partial charge on any atom is 0.268 e. The van der Waals surface area contributed by atoms with Gasteiger partial charge in [0.2, 0.25) is 0 Å². The first-order valence-electron chi connectivity index (χ1n) is 12.8. The Morgan fingerprint density at radius 1 is 1.19 bits per heavy atom. The summed E-state index contributed by atoms with van der Waals surface area (Å²) in [6.45, 7) is 11.8. The SMILES string of the molecule is C=C1c2cc(F)c(-c3cccc(OCCN4CCNCC4)c3)c(CC)c2N(C2CC2)c2s[nH]c(=O)c21. The molecule has 3 heterocycles. The molecule has 188 valence electrons. The summed E-state index contributed by atoms with van der Waals surface area (Å²) in [5, 5.41) is 4.27. The highest BCUT2D eigenvalue weighted by Gasteiger charge is 2.40. The van der Waals surface area contributed by atoms with Crippen molar-refractivity contribution in [3.8, 4) is 16.9 Å². The van der Waals surface area contributed by atoms with Crippen molar-refractivity contribution in [1.82, 2.24) is 14.6 Å². The Hall–Kier alpha value is -2.94. The third-order valence-electron chi connectivity index (χ3n) is 7.39. The van der Waals surface area contributed by atoms with Gasteiger partial charge in [0.1, 0.15) is 23.2 Å². The second-order valence-corrected chi connectivity index (χ2v) is 10.5. The second-order valence-electron chi connectivity index (χ2n) is 9.72. The molecule has 8 heteroatoms. The molecule has 2 fully saturated rings. The lowest BCUT2D eigenvalue weighted by Gasteiger charge is -2.34. The smallest absolute Gasteiger partial charge is 0.268 e. The van der Waals surface area contributed by atoms with E-state index in [0.717, 1.165) is 78.7 Å². The van der Waals surface area contributed by atoms with Crippen LogP contribution in [-0.2, 0) is 6.42 Å². The minimum absolute atomic E-state index is 0.149. The molecule has 2 aromatic carbocycles. The molecule has 2 N–H and O–H groups in total. The summed E-state index contributed by atoms with van der Waals surface area (Å²) in [6, 6.07) is 9.66.